The van der Waals surface area contributed by atoms with Gasteiger partial charge in [0.05, 0.1) is 25.2 Å². The molecule has 0 aliphatic carbocycles. The summed E-state index contributed by atoms with van der Waals surface area (Å²) in [6.07, 6.45) is 7.45. The SMILES string of the molecule is CCCC(CNC)Nc1cccc(-c2cnc3cc(OC)c(-c4cn[nH]c4)nn23)n1. The molecule has 30 heavy (non-hydrogen) atoms. The second-order valence-electron chi connectivity index (χ2n) is 7.06. The molecule has 4 aromatic heterocycles. The van der Waals surface area contributed by atoms with E-state index < -0.39 is 0 Å². The monoisotopic (exact) mass is 406 g/mol. The summed E-state index contributed by atoms with van der Waals surface area (Å²) in [6, 6.07) is 8.13. The van der Waals surface area contributed by atoms with Crippen LogP contribution in [0.3, 0.4) is 0 Å². The van der Waals surface area contributed by atoms with Crippen LogP contribution in [0, 0.1) is 0 Å². The van der Waals surface area contributed by atoms with Crippen molar-refractivity contribution in [2.45, 2.75) is 25.8 Å². The van der Waals surface area contributed by atoms with E-state index in [1.54, 1.807) is 30.2 Å². The van der Waals surface area contributed by atoms with Crippen LogP contribution in [0.2, 0.25) is 0 Å². The molecule has 0 saturated carbocycles. The number of anilines is 1. The van der Waals surface area contributed by atoms with Crippen molar-refractivity contribution in [2.24, 2.45) is 0 Å². The van der Waals surface area contributed by atoms with Gasteiger partial charge in [0.25, 0.3) is 0 Å². The summed E-state index contributed by atoms with van der Waals surface area (Å²) in [7, 11) is 3.58. The van der Waals surface area contributed by atoms with E-state index in [1.165, 1.54) is 0 Å². The molecule has 156 valence electrons. The molecule has 0 aliphatic rings. The quantitative estimate of drug-likeness (QED) is 0.392. The Bertz CT molecular complexity index is 1100. The average Bonchev–Trinajstić information content (AvgIpc) is 3.43. The molecule has 4 heterocycles. The number of ether oxygens (including phenoxy) is 1. The number of fused-ring (bicyclic) bond motifs is 1. The van der Waals surface area contributed by atoms with E-state index in [0.717, 1.165) is 42.2 Å². The molecule has 0 aromatic carbocycles. The molecule has 4 aromatic rings. The van der Waals surface area contributed by atoms with Crippen molar-refractivity contribution < 1.29 is 4.74 Å². The third kappa shape index (κ3) is 3.97. The predicted octanol–water partition coefficient (Wildman–Crippen LogP) is 2.99. The molecule has 0 amide bonds. The van der Waals surface area contributed by atoms with E-state index in [9.17, 15) is 0 Å². The zero-order chi connectivity index (χ0) is 20.9. The standard InChI is InChI=1S/C21H26N8O/c1-4-6-15(12-22-2)26-19-8-5-7-16(27-19)17-13-23-20-9-18(30-3)21(28-29(17)20)14-10-24-25-11-14/h5,7-11,13,15,22H,4,6,12H2,1-3H3,(H,24,25)(H,26,27). The normalized spacial score (nSPS) is 12.2. The molecule has 3 N–H and O–H groups in total. The zero-order valence-corrected chi connectivity index (χ0v) is 17.4. The molecule has 1 atom stereocenters. The number of pyridine rings is 1. The van der Waals surface area contributed by atoms with Crippen LogP contribution in [0.1, 0.15) is 19.8 Å². The molecule has 0 aliphatic heterocycles. The van der Waals surface area contributed by atoms with Gasteiger partial charge in [-0.2, -0.15) is 10.2 Å². The maximum atomic E-state index is 5.51. The summed E-state index contributed by atoms with van der Waals surface area (Å²) in [6.45, 7) is 3.06. The van der Waals surface area contributed by atoms with Crippen LogP contribution in [-0.2, 0) is 0 Å². The second-order valence-corrected chi connectivity index (χ2v) is 7.06. The van der Waals surface area contributed by atoms with Crippen molar-refractivity contribution in [2.75, 3.05) is 26.0 Å². The van der Waals surface area contributed by atoms with Crippen molar-refractivity contribution in [1.82, 2.24) is 35.1 Å². The first-order chi connectivity index (χ1) is 14.7. The lowest BCUT2D eigenvalue weighted by Crippen LogP contribution is -2.31. The minimum Gasteiger partial charge on any atom is -0.494 e. The number of methoxy groups -OCH3 is 1. The third-order valence-corrected chi connectivity index (χ3v) is 4.90. The van der Waals surface area contributed by atoms with E-state index >= 15 is 0 Å². The number of nitrogens with one attached hydrogen (secondary N) is 3. The van der Waals surface area contributed by atoms with Gasteiger partial charge in [-0.15, -0.1) is 0 Å². The van der Waals surface area contributed by atoms with Crippen LogP contribution < -0.4 is 15.4 Å². The Hall–Kier alpha value is -3.46. The summed E-state index contributed by atoms with van der Waals surface area (Å²) < 4.78 is 7.30. The lowest BCUT2D eigenvalue weighted by atomic mass is 10.1. The Morgan fingerprint density at radius 3 is 2.90 bits per heavy atom. The summed E-state index contributed by atoms with van der Waals surface area (Å²) >= 11 is 0. The zero-order valence-electron chi connectivity index (χ0n) is 17.4. The van der Waals surface area contributed by atoms with Crippen LogP contribution in [0.5, 0.6) is 5.75 Å². The smallest absolute Gasteiger partial charge is 0.157 e. The van der Waals surface area contributed by atoms with Gasteiger partial charge in [0.15, 0.2) is 11.4 Å². The van der Waals surface area contributed by atoms with E-state index in [4.69, 9.17) is 14.8 Å². The highest BCUT2D eigenvalue weighted by molar-refractivity contribution is 5.69. The van der Waals surface area contributed by atoms with E-state index in [1.807, 2.05) is 31.3 Å². The Balaban J connectivity index is 1.72. The number of aromatic amines is 1. The van der Waals surface area contributed by atoms with Gasteiger partial charge in [-0.3, -0.25) is 5.10 Å². The number of nitrogens with zero attached hydrogens (tertiary/aromatic N) is 5. The molecule has 0 fully saturated rings. The Morgan fingerprint density at radius 1 is 1.27 bits per heavy atom. The summed E-state index contributed by atoms with van der Waals surface area (Å²) in [5, 5.41) is 18.4. The Kier molecular flexibility index (Phi) is 5.89. The fourth-order valence-electron chi connectivity index (χ4n) is 3.50. The van der Waals surface area contributed by atoms with Crippen LogP contribution >= 0.6 is 0 Å². The number of hydrogen-bond acceptors (Lipinski definition) is 7. The number of likely N-dealkylation sites (N-methyl/N-ethyl adjacent to an activating group) is 1. The minimum absolute atomic E-state index is 0.319. The number of rotatable bonds is 9. The van der Waals surface area contributed by atoms with Gasteiger partial charge >= 0.3 is 0 Å². The maximum absolute atomic E-state index is 5.51. The number of hydrogen-bond donors (Lipinski definition) is 3. The average molecular weight is 406 g/mol. The first-order valence-corrected chi connectivity index (χ1v) is 10.0. The molecular formula is C21H26N8O. The number of aromatic nitrogens is 6. The summed E-state index contributed by atoms with van der Waals surface area (Å²) in [5.41, 5.74) is 3.81. The molecule has 9 heteroatoms. The van der Waals surface area contributed by atoms with Crippen LogP contribution in [0.15, 0.2) is 42.9 Å². The van der Waals surface area contributed by atoms with E-state index in [0.29, 0.717) is 23.1 Å². The second kappa shape index (κ2) is 8.91. The van der Waals surface area contributed by atoms with Gasteiger partial charge < -0.3 is 15.4 Å². The predicted molar refractivity (Wildman–Crippen MR) is 117 cm³/mol. The van der Waals surface area contributed by atoms with Gasteiger partial charge in [-0.25, -0.2) is 14.5 Å². The molecule has 0 radical (unpaired) electrons. The highest BCUT2D eigenvalue weighted by Crippen LogP contribution is 2.30. The van der Waals surface area contributed by atoms with Gasteiger partial charge in [-0.1, -0.05) is 19.4 Å². The molecule has 0 bridgehead atoms. The molecule has 1 unspecified atom stereocenters. The van der Waals surface area contributed by atoms with Crippen LogP contribution in [0.4, 0.5) is 5.82 Å². The third-order valence-electron chi connectivity index (χ3n) is 4.90. The largest absolute Gasteiger partial charge is 0.494 e. The highest BCUT2D eigenvalue weighted by atomic mass is 16.5. The lowest BCUT2D eigenvalue weighted by molar-refractivity contribution is 0.414. The molecule has 0 spiro atoms. The topological polar surface area (TPSA) is 105 Å². The Labute approximate surface area is 174 Å². The minimum atomic E-state index is 0.319. The Morgan fingerprint density at radius 2 is 2.17 bits per heavy atom. The first kappa shape index (κ1) is 19.8. The fraction of sp³-hybridized carbons (Fsp3) is 0.333. The summed E-state index contributed by atoms with van der Waals surface area (Å²) in [5.74, 6) is 1.47. The molecule has 9 nitrogen and oxygen atoms in total. The molecular weight excluding hydrogens is 380 g/mol. The van der Waals surface area contributed by atoms with Crippen LogP contribution in [-0.4, -0.2) is 56.5 Å². The highest BCUT2D eigenvalue weighted by Gasteiger charge is 2.16. The molecule has 0 saturated heterocycles. The van der Waals surface area contributed by atoms with Gasteiger partial charge in [-0.05, 0) is 25.6 Å². The molecule has 4 rings (SSSR count). The fourth-order valence-corrected chi connectivity index (χ4v) is 3.50. The van der Waals surface area contributed by atoms with Crippen molar-refractivity contribution in [3.8, 4) is 28.4 Å². The van der Waals surface area contributed by atoms with Crippen molar-refractivity contribution in [3.05, 3.63) is 42.9 Å². The van der Waals surface area contributed by atoms with Crippen molar-refractivity contribution in [1.29, 1.82) is 0 Å². The van der Waals surface area contributed by atoms with Crippen molar-refractivity contribution >= 4 is 11.5 Å². The summed E-state index contributed by atoms with van der Waals surface area (Å²) in [4.78, 5) is 9.32. The van der Waals surface area contributed by atoms with E-state index in [2.05, 4.69) is 32.7 Å². The maximum Gasteiger partial charge on any atom is 0.157 e. The van der Waals surface area contributed by atoms with Gasteiger partial charge in [0.1, 0.15) is 17.2 Å². The number of imidazole rings is 1. The lowest BCUT2D eigenvalue weighted by Gasteiger charge is -2.18. The van der Waals surface area contributed by atoms with Crippen molar-refractivity contribution in [3.63, 3.8) is 0 Å². The number of H-pyrrole nitrogens is 1. The van der Waals surface area contributed by atoms with E-state index in [-0.39, 0.29) is 0 Å². The first-order valence-electron chi connectivity index (χ1n) is 10.0. The van der Waals surface area contributed by atoms with Gasteiger partial charge in [0, 0.05) is 30.4 Å². The van der Waals surface area contributed by atoms with Crippen LogP contribution in [0.25, 0.3) is 28.3 Å². The van der Waals surface area contributed by atoms with Gasteiger partial charge in [0.2, 0.25) is 0 Å².